The number of urea groups is 1. The molecule has 32 heavy (non-hydrogen) atoms. The zero-order valence-electron chi connectivity index (χ0n) is 17.8. The van der Waals surface area contributed by atoms with E-state index in [1.807, 2.05) is 0 Å². The van der Waals surface area contributed by atoms with Crippen LogP contribution in [0, 0.1) is 0 Å². The van der Waals surface area contributed by atoms with Crippen LogP contribution in [-0.4, -0.2) is 64.6 Å². The smallest absolute Gasteiger partial charge is 0.315 e. The molecule has 4 rings (SSSR count). The van der Waals surface area contributed by atoms with E-state index in [0.29, 0.717) is 18.8 Å². The molecule has 0 saturated carbocycles. The second-order valence-corrected chi connectivity index (χ2v) is 8.43. The van der Waals surface area contributed by atoms with Crippen molar-refractivity contribution in [3.05, 3.63) is 29.3 Å². The first-order valence-corrected chi connectivity index (χ1v) is 11.0. The molecule has 0 aromatic heterocycles. The molecule has 0 bridgehead atoms. The predicted octanol–water partition coefficient (Wildman–Crippen LogP) is 1.21. The minimum Gasteiger partial charge on any atom is -0.384 e. The summed E-state index contributed by atoms with van der Waals surface area (Å²) in [4.78, 5) is 63.9. The highest BCUT2D eigenvalue weighted by Gasteiger charge is 2.45. The Morgan fingerprint density at radius 1 is 1.12 bits per heavy atom. The fourth-order valence-electron chi connectivity index (χ4n) is 4.81. The maximum Gasteiger partial charge on any atom is 0.315 e. The minimum absolute atomic E-state index is 0.0818. The predicted molar refractivity (Wildman–Crippen MR) is 115 cm³/mol. The van der Waals surface area contributed by atoms with Crippen LogP contribution in [0.3, 0.4) is 0 Å². The van der Waals surface area contributed by atoms with Gasteiger partial charge in [0.1, 0.15) is 6.04 Å². The number of piperidine rings is 2. The first-order valence-electron chi connectivity index (χ1n) is 11.0. The number of nitrogens with zero attached hydrogens (tertiary/aromatic N) is 2. The van der Waals surface area contributed by atoms with E-state index in [-0.39, 0.29) is 36.0 Å². The molecule has 10 heteroatoms. The van der Waals surface area contributed by atoms with Gasteiger partial charge in [-0.2, -0.15) is 0 Å². The lowest BCUT2D eigenvalue weighted by molar-refractivity contribution is -0.136. The van der Waals surface area contributed by atoms with E-state index < -0.39 is 29.7 Å². The van der Waals surface area contributed by atoms with Crippen molar-refractivity contribution in [3.8, 4) is 0 Å². The Bertz CT molecular complexity index is 977. The first-order chi connectivity index (χ1) is 15.4. The Labute approximate surface area is 185 Å². The minimum atomic E-state index is -0.987. The van der Waals surface area contributed by atoms with Crippen LogP contribution >= 0.6 is 0 Å². The summed E-state index contributed by atoms with van der Waals surface area (Å²) in [5.74, 6) is -2.09. The number of benzene rings is 1. The highest BCUT2D eigenvalue weighted by Crippen LogP contribution is 2.32. The maximum absolute atomic E-state index is 13.1. The summed E-state index contributed by atoms with van der Waals surface area (Å²) in [6.45, 7) is 1.24. The van der Waals surface area contributed by atoms with Gasteiger partial charge in [0.25, 0.3) is 11.8 Å². The van der Waals surface area contributed by atoms with E-state index in [9.17, 15) is 24.0 Å². The molecule has 3 aliphatic rings. The van der Waals surface area contributed by atoms with Gasteiger partial charge in [-0.1, -0.05) is 6.07 Å². The molecule has 4 N–H and O–H groups in total. The van der Waals surface area contributed by atoms with Gasteiger partial charge in [-0.15, -0.1) is 0 Å². The molecular weight excluding hydrogens is 414 g/mol. The van der Waals surface area contributed by atoms with Gasteiger partial charge < -0.3 is 16.0 Å². The molecule has 170 valence electrons. The van der Waals surface area contributed by atoms with E-state index in [4.69, 9.17) is 5.73 Å². The number of nitrogens with one attached hydrogen (secondary N) is 2. The second-order valence-electron chi connectivity index (χ2n) is 8.43. The highest BCUT2D eigenvalue weighted by molar-refractivity contribution is 6.25. The SMILES string of the molecule is NC(=O)N1CCCCC1CCCNc1cccc2c1C(=O)N(C1CCC(=O)NC1=O)C2=O. The number of anilines is 1. The van der Waals surface area contributed by atoms with Crippen LogP contribution in [0.25, 0.3) is 0 Å². The fraction of sp³-hybridized carbons (Fsp3) is 0.500. The van der Waals surface area contributed by atoms with Gasteiger partial charge in [-0.25, -0.2) is 4.79 Å². The quantitative estimate of drug-likeness (QED) is 0.447. The van der Waals surface area contributed by atoms with Crippen LogP contribution < -0.4 is 16.4 Å². The monoisotopic (exact) mass is 441 g/mol. The van der Waals surface area contributed by atoms with Gasteiger partial charge in [-0.05, 0) is 50.7 Å². The Kier molecular flexibility index (Phi) is 6.11. The molecule has 2 fully saturated rings. The number of carbonyl (C=O) groups excluding carboxylic acids is 5. The zero-order valence-corrected chi connectivity index (χ0v) is 17.8. The van der Waals surface area contributed by atoms with Crippen LogP contribution in [0.1, 0.15) is 65.7 Å². The van der Waals surface area contributed by atoms with Crippen LogP contribution in [-0.2, 0) is 9.59 Å². The number of hydrogen-bond donors (Lipinski definition) is 3. The molecule has 0 spiro atoms. The Morgan fingerprint density at radius 3 is 2.69 bits per heavy atom. The van der Waals surface area contributed by atoms with Gasteiger partial charge in [0, 0.05) is 31.2 Å². The number of carbonyl (C=O) groups is 5. The van der Waals surface area contributed by atoms with Crippen molar-refractivity contribution in [3.63, 3.8) is 0 Å². The summed E-state index contributed by atoms with van der Waals surface area (Å²) in [6.07, 6.45) is 4.72. The van der Waals surface area contributed by atoms with E-state index in [0.717, 1.165) is 37.0 Å². The molecule has 0 radical (unpaired) electrons. The summed E-state index contributed by atoms with van der Waals surface area (Å²) in [6, 6.07) is 3.74. The van der Waals surface area contributed by atoms with Gasteiger partial charge >= 0.3 is 6.03 Å². The normalized spacial score (nSPS) is 23.2. The third-order valence-electron chi connectivity index (χ3n) is 6.41. The molecule has 2 atom stereocenters. The molecule has 1 aromatic carbocycles. The van der Waals surface area contributed by atoms with Crippen molar-refractivity contribution in [1.82, 2.24) is 15.1 Å². The van der Waals surface area contributed by atoms with Gasteiger partial charge in [-0.3, -0.25) is 29.4 Å². The molecule has 0 aliphatic carbocycles. The van der Waals surface area contributed by atoms with Gasteiger partial charge in [0.05, 0.1) is 11.1 Å². The van der Waals surface area contributed by atoms with Crippen LogP contribution in [0.2, 0.25) is 0 Å². The molecule has 3 aliphatic heterocycles. The highest BCUT2D eigenvalue weighted by atomic mass is 16.2. The van der Waals surface area contributed by atoms with E-state index in [1.165, 1.54) is 0 Å². The summed E-state index contributed by atoms with van der Waals surface area (Å²) in [7, 11) is 0. The van der Waals surface area contributed by atoms with Gasteiger partial charge in [0.15, 0.2) is 0 Å². The molecule has 10 nitrogen and oxygen atoms in total. The second kappa shape index (κ2) is 8.97. The van der Waals surface area contributed by atoms with Gasteiger partial charge in [0.2, 0.25) is 11.8 Å². The largest absolute Gasteiger partial charge is 0.384 e. The Hall–Kier alpha value is -3.43. The summed E-state index contributed by atoms with van der Waals surface area (Å²) in [5.41, 5.74) is 6.51. The summed E-state index contributed by atoms with van der Waals surface area (Å²) >= 11 is 0. The number of primary amides is 1. The third kappa shape index (κ3) is 4.04. The van der Waals surface area contributed by atoms with Crippen molar-refractivity contribution in [2.75, 3.05) is 18.4 Å². The van der Waals surface area contributed by atoms with E-state index in [2.05, 4.69) is 10.6 Å². The molecule has 3 heterocycles. The summed E-state index contributed by atoms with van der Waals surface area (Å²) in [5, 5.41) is 5.43. The molecular formula is C22H27N5O5. The number of hydrogen-bond acceptors (Lipinski definition) is 6. The van der Waals surface area contributed by atoms with Crippen molar-refractivity contribution >= 4 is 35.3 Å². The number of imide groups is 2. The lowest BCUT2D eigenvalue weighted by Crippen LogP contribution is -2.54. The van der Waals surface area contributed by atoms with Crippen LogP contribution in [0.15, 0.2) is 18.2 Å². The average Bonchev–Trinajstić information content (AvgIpc) is 3.02. The van der Waals surface area contributed by atoms with Crippen LogP contribution in [0.4, 0.5) is 10.5 Å². The zero-order chi connectivity index (χ0) is 22.8. The fourth-order valence-corrected chi connectivity index (χ4v) is 4.81. The number of amides is 6. The van der Waals surface area contributed by atoms with E-state index in [1.54, 1.807) is 23.1 Å². The van der Waals surface area contributed by atoms with E-state index >= 15 is 0 Å². The number of likely N-dealkylation sites (tertiary alicyclic amines) is 1. The number of fused-ring (bicyclic) bond motifs is 1. The number of nitrogens with two attached hydrogens (primary N) is 1. The summed E-state index contributed by atoms with van der Waals surface area (Å²) < 4.78 is 0. The topological polar surface area (TPSA) is 142 Å². The molecule has 1 aromatic rings. The molecule has 6 amide bonds. The van der Waals surface area contributed by atoms with Crippen molar-refractivity contribution < 1.29 is 24.0 Å². The Morgan fingerprint density at radius 2 is 1.94 bits per heavy atom. The number of rotatable bonds is 6. The molecule has 2 unspecified atom stereocenters. The average molecular weight is 441 g/mol. The Balaban J connectivity index is 1.41. The molecule has 2 saturated heterocycles. The van der Waals surface area contributed by atoms with Crippen molar-refractivity contribution in [2.45, 2.75) is 57.0 Å². The van der Waals surface area contributed by atoms with Crippen molar-refractivity contribution in [2.24, 2.45) is 5.73 Å². The first kappa shape index (κ1) is 21.8. The standard InChI is InChI=1S/C22H27N5O5/c23-22(32)26-12-2-1-5-13(26)6-4-11-24-15-8-3-7-14-18(15)21(31)27(20(14)30)16-9-10-17(28)25-19(16)29/h3,7-8,13,16,24H,1-2,4-6,9-12H2,(H2,23,32)(H,25,28,29). The third-order valence-corrected chi connectivity index (χ3v) is 6.41. The van der Waals surface area contributed by atoms with Crippen LogP contribution in [0.5, 0.6) is 0 Å². The lowest BCUT2D eigenvalue weighted by Gasteiger charge is -2.34. The van der Waals surface area contributed by atoms with Crippen molar-refractivity contribution in [1.29, 1.82) is 0 Å². The maximum atomic E-state index is 13.1. The lowest BCUT2D eigenvalue weighted by atomic mass is 9.98.